The Morgan fingerprint density at radius 1 is 1.13 bits per heavy atom. The number of nitriles is 1. The van der Waals surface area contributed by atoms with Gasteiger partial charge in [0.1, 0.15) is 40.3 Å². The number of hydrogen-bond acceptors (Lipinski definition) is 8. The van der Waals surface area contributed by atoms with Crippen molar-refractivity contribution in [3.63, 3.8) is 0 Å². The van der Waals surface area contributed by atoms with Gasteiger partial charge in [-0.05, 0) is 57.4 Å². The van der Waals surface area contributed by atoms with Gasteiger partial charge in [0, 0.05) is 50.7 Å². The van der Waals surface area contributed by atoms with Crippen LogP contribution in [-0.4, -0.2) is 77.0 Å². The first kappa shape index (κ1) is 31.8. The smallest absolute Gasteiger partial charge is 0.410 e. The molecule has 0 aliphatic carbocycles. The SMILES string of the molecule is COc1ccc(F)cc1C(=O)NCc1ccc(-c2nn(C3CCN(CC4CN(C(=O)OC(C)(C)C)C4)CC3)c(N)c2C#N)cc1. The molecule has 3 heterocycles. The van der Waals surface area contributed by atoms with Gasteiger partial charge < -0.3 is 30.3 Å². The van der Waals surface area contributed by atoms with Crippen molar-refractivity contribution in [3.05, 3.63) is 65.0 Å². The monoisotopic (exact) mass is 617 g/mol. The highest BCUT2D eigenvalue weighted by Gasteiger charge is 2.35. The second kappa shape index (κ2) is 13.2. The fourth-order valence-electron chi connectivity index (χ4n) is 5.83. The first-order chi connectivity index (χ1) is 21.5. The van der Waals surface area contributed by atoms with Crippen molar-refractivity contribution < 1.29 is 23.5 Å². The van der Waals surface area contributed by atoms with Crippen LogP contribution in [0.2, 0.25) is 0 Å². The van der Waals surface area contributed by atoms with Crippen LogP contribution in [0.3, 0.4) is 0 Å². The Balaban J connectivity index is 1.16. The zero-order valence-electron chi connectivity index (χ0n) is 26.2. The van der Waals surface area contributed by atoms with Gasteiger partial charge in [0.05, 0.1) is 18.7 Å². The van der Waals surface area contributed by atoms with Gasteiger partial charge in [-0.1, -0.05) is 24.3 Å². The molecule has 1 aromatic heterocycles. The number of carbonyl (C=O) groups is 2. The van der Waals surface area contributed by atoms with Crippen LogP contribution in [0.4, 0.5) is 15.0 Å². The van der Waals surface area contributed by atoms with Crippen molar-refractivity contribution in [2.45, 2.75) is 51.8 Å². The molecule has 0 atom stereocenters. The number of anilines is 1. The molecule has 45 heavy (non-hydrogen) atoms. The molecule has 2 saturated heterocycles. The molecule has 0 radical (unpaired) electrons. The average molecular weight is 618 g/mol. The number of rotatable bonds is 8. The van der Waals surface area contributed by atoms with Crippen molar-refractivity contribution in [1.29, 1.82) is 5.26 Å². The van der Waals surface area contributed by atoms with Gasteiger partial charge >= 0.3 is 6.09 Å². The summed E-state index contributed by atoms with van der Waals surface area (Å²) in [5.41, 5.74) is 8.50. The minimum absolute atomic E-state index is 0.0797. The number of amides is 2. The molecular weight excluding hydrogens is 577 g/mol. The second-order valence-corrected chi connectivity index (χ2v) is 12.7. The standard InChI is InChI=1S/C33H40FN7O4/c1-33(2,3)45-32(43)40-19-22(20-40)18-39-13-11-25(12-14-39)41-30(36)27(16-35)29(38-41)23-7-5-21(6-8-23)17-37-31(42)26-15-24(34)9-10-28(26)44-4/h5-10,15,22,25H,11-14,17-20,36H2,1-4H3,(H,37,42). The first-order valence-corrected chi connectivity index (χ1v) is 15.1. The third-order valence-electron chi connectivity index (χ3n) is 8.17. The lowest BCUT2D eigenvalue weighted by molar-refractivity contribution is -0.00799. The first-order valence-electron chi connectivity index (χ1n) is 15.1. The molecule has 2 aliphatic heterocycles. The van der Waals surface area contributed by atoms with Crippen LogP contribution < -0.4 is 15.8 Å². The molecule has 12 heteroatoms. The van der Waals surface area contributed by atoms with Crippen LogP contribution in [0.15, 0.2) is 42.5 Å². The summed E-state index contributed by atoms with van der Waals surface area (Å²) in [4.78, 5) is 29.0. The molecule has 5 rings (SSSR count). The van der Waals surface area contributed by atoms with E-state index in [2.05, 4.69) is 16.3 Å². The fraction of sp³-hybridized carbons (Fsp3) is 0.455. The van der Waals surface area contributed by atoms with Crippen molar-refractivity contribution in [1.82, 2.24) is 24.9 Å². The van der Waals surface area contributed by atoms with Crippen LogP contribution in [0.25, 0.3) is 11.3 Å². The number of carbonyl (C=O) groups excluding carboxylic acids is 2. The number of aromatic nitrogens is 2. The van der Waals surface area contributed by atoms with Crippen molar-refractivity contribution in [2.24, 2.45) is 5.92 Å². The lowest BCUT2D eigenvalue weighted by Crippen LogP contribution is -2.55. The Labute approximate surface area is 262 Å². The molecule has 0 unspecified atom stereocenters. The highest BCUT2D eigenvalue weighted by molar-refractivity contribution is 5.96. The van der Waals surface area contributed by atoms with E-state index < -0.39 is 17.3 Å². The van der Waals surface area contributed by atoms with Gasteiger partial charge in [-0.3, -0.25) is 4.79 Å². The van der Waals surface area contributed by atoms with E-state index in [0.717, 1.165) is 49.7 Å². The summed E-state index contributed by atoms with van der Waals surface area (Å²) in [6, 6.07) is 13.5. The van der Waals surface area contributed by atoms with Gasteiger partial charge in [-0.2, -0.15) is 10.4 Å². The molecule has 3 aromatic rings. The fourth-order valence-corrected chi connectivity index (χ4v) is 5.83. The molecule has 11 nitrogen and oxygen atoms in total. The molecule has 2 aliphatic rings. The molecule has 0 saturated carbocycles. The van der Waals surface area contributed by atoms with Crippen LogP contribution in [-0.2, 0) is 11.3 Å². The number of nitrogen functional groups attached to an aromatic ring is 1. The van der Waals surface area contributed by atoms with Gasteiger partial charge in [0.2, 0.25) is 0 Å². The van der Waals surface area contributed by atoms with Crippen LogP contribution >= 0.6 is 0 Å². The number of hydrogen-bond donors (Lipinski definition) is 2. The number of nitrogens with two attached hydrogens (primary N) is 1. The molecule has 2 fully saturated rings. The summed E-state index contributed by atoms with van der Waals surface area (Å²) in [7, 11) is 1.43. The Bertz CT molecular complexity index is 1580. The van der Waals surface area contributed by atoms with Crippen LogP contribution in [0, 0.1) is 23.1 Å². The average Bonchev–Trinajstić information content (AvgIpc) is 3.32. The number of halogens is 1. The quantitative estimate of drug-likeness (QED) is 0.375. The van der Waals surface area contributed by atoms with Gasteiger partial charge in [-0.15, -0.1) is 0 Å². The Hall–Kier alpha value is -4.63. The van der Waals surface area contributed by atoms with Crippen LogP contribution in [0.1, 0.15) is 61.1 Å². The maximum Gasteiger partial charge on any atom is 0.410 e. The highest BCUT2D eigenvalue weighted by Crippen LogP contribution is 2.33. The van der Waals surface area contributed by atoms with E-state index in [1.807, 2.05) is 45.0 Å². The van der Waals surface area contributed by atoms with E-state index in [1.165, 1.54) is 19.2 Å². The van der Waals surface area contributed by atoms with Crippen LogP contribution in [0.5, 0.6) is 5.75 Å². The van der Waals surface area contributed by atoms with E-state index in [4.69, 9.17) is 20.3 Å². The predicted octanol–water partition coefficient (Wildman–Crippen LogP) is 4.59. The van der Waals surface area contributed by atoms with Crippen molar-refractivity contribution in [2.75, 3.05) is 45.6 Å². The number of piperidine rings is 1. The largest absolute Gasteiger partial charge is 0.496 e. The zero-order valence-corrected chi connectivity index (χ0v) is 26.2. The summed E-state index contributed by atoms with van der Waals surface area (Å²) in [5.74, 6) is 0.108. The number of likely N-dealkylation sites (tertiary alicyclic amines) is 2. The van der Waals surface area contributed by atoms with Gasteiger partial charge in [-0.25, -0.2) is 13.9 Å². The third kappa shape index (κ3) is 7.37. The molecule has 0 bridgehead atoms. The Morgan fingerprint density at radius 3 is 2.44 bits per heavy atom. The van der Waals surface area contributed by atoms with E-state index in [0.29, 0.717) is 36.1 Å². The molecule has 238 valence electrons. The maximum absolute atomic E-state index is 13.7. The Kier molecular flexibility index (Phi) is 9.29. The summed E-state index contributed by atoms with van der Waals surface area (Å²) in [5, 5.41) is 17.5. The second-order valence-electron chi connectivity index (χ2n) is 12.7. The van der Waals surface area contributed by atoms with Crippen molar-refractivity contribution in [3.8, 4) is 23.1 Å². The molecule has 0 spiro atoms. The highest BCUT2D eigenvalue weighted by atomic mass is 19.1. The third-order valence-corrected chi connectivity index (χ3v) is 8.17. The minimum atomic E-state index is -0.523. The number of ether oxygens (including phenoxy) is 2. The van der Waals surface area contributed by atoms with Gasteiger partial charge in [0.15, 0.2) is 0 Å². The number of nitrogens with one attached hydrogen (secondary N) is 1. The lowest BCUT2D eigenvalue weighted by Gasteiger charge is -2.43. The minimum Gasteiger partial charge on any atom is -0.496 e. The predicted molar refractivity (Wildman–Crippen MR) is 167 cm³/mol. The molecular formula is C33H40FN7O4. The summed E-state index contributed by atoms with van der Waals surface area (Å²) in [6.07, 6.45) is 1.46. The molecule has 2 amide bonds. The normalized spacial score (nSPS) is 16.1. The number of benzene rings is 2. The molecule has 3 N–H and O–H groups in total. The maximum atomic E-state index is 13.7. The van der Waals surface area contributed by atoms with Gasteiger partial charge in [0.25, 0.3) is 5.91 Å². The number of methoxy groups -OCH3 is 1. The lowest BCUT2D eigenvalue weighted by atomic mass is 9.97. The summed E-state index contributed by atoms with van der Waals surface area (Å²) in [6.45, 7) is 9.95. The van der Waals surface area contributed by atoms with E-state index >= 15 is 0 Å². The van der Waals surface area contributed by atoms with Crippen molar-refractivity contribution >= 4 is 17.8 Å². The van der Waals surface area contributed by atoms with E-state index in [-0.39, 0.29) is 30.0 Å². The molecule has 2 aromatic carbocycles. The summed E-state index contributed by atoms with van der Waals surface area (Å²) < 4.78 is 26.1. The zero-order chi connectivity index (χ0) is 32.3. The topological polar surface area (TPSA) is 139 Å². The Morgan fingerprint density at radius 2 is 1.82 bits per heavy atom. The number of nitrogens with zero attached hydrogens (tertiary/aromatic N) is 5. The van der Waals surface area contributed by atoms with E-state index in [1.54, 1.807) is 9.58 Å². The summed E-state index contributed by atoms with van der Waals surface area (Å²) >= 11 is 0. The van der Waals surface area contributed by atoms with E-state index in [9.17, 15) is 19.2 Å².